The average molecular weight is 231 g/mol. The van der Waals surface area contributed by atoms with E-state index in [2.05, 4.69) is 23.5 Å². The Labute approximate surface area is 103 Å². The minimum atomic E-state index is 0.463. The van der Waals surface area contributed by atoms with Gasteiger partial charge in [0.1, 0.15) is 5.75 Å². The molecule has 17 heavy (non-hydrogen) atoms. The summed E-state index contributed by atoms with van der Waals surface area (Å²) >= 11 is 0. The lowest BCUT2D eigenvalue weighted by Gasteiger charge is -2.42. The Bertz CT molecular complexity index is 407. The zero-order chi connectivity index (χ0) is 11.7. The number of fused-ring (bicyclic) bond motifs is 2. The molecule has 0 saturated carbocycles. The van der Waals surface area contributed by atoms with E-state index in [9.17, 15) is 0 Å². The van der Waals surface area contributed by atoms with Crippen LogP contribution in [0.2, 0.25) is 0 Å². The third-order valence-electron chi connectivity index (χ3n) is 4.55. The van der Waals surface area contributed by atoms with Crippen molar-refractivity contribution in [3.05, 3.63) is 29.3 Å². The van der Waals surface area contributed by atoms with Crippen molar-refractivity contribution in [1.29, 1.82) is 0 Å². The number of ether oxygens (including phenoxy) is 1. The molecule has 0 atom stereocenters. The fourth-order valence-corrected chi connectivity index (χ4v) is 3.60. The van der Waals surface area contributed by atoms with Crippen LogP contribution in [0.4, 0.5) is 0 Å². The van der Waals surface area contributed by atoms with E-state index >= 15 is 0 Å². The van der Waals surface area contributed by atoms with Gasteiger partial charge in [0.25, 0.3) is 0 Å². The first-order valence-electron chi connectivity index (χ1n) is 6.72. The van der Waals surface area contributed by atoms with Gasteiger partial charge in [0, 0.05) is 0 Å². The number of aryl methyl sites for hydroxylation is 1. The van der Waals surface area contributed by atoms with Crippen LogP contribution in [0.1, 0.15) is 36.8 Å². The van der Waals surface area contributed by atoms with Crippen LogP contribution in [0.5, 0.6) is 5.75 Å². The first-order chi connectivity index (χ1) is 8.34. The highest BCUT2D eigenvalue weighted by Crippen LogP contribution is 2.44. The molecule has 0 amide bonds. The van der Waals surface area contributed by atoms with E-state index in [1.165, 1.54) is 50.8 Å². The van der Waals surface area contributed by atoms with Crippen molar-refractivity contribution in [2.24, 2.45) is 0 Å². The molecule has 1 aliphatic heterocycles. The van der Waals surface area contributed by atoms with E-state index in [1.807, 2.05) is 0 Å². The predicted octanol–water partition coefficient (Wildman–Crippen LogP) is 2.65. The number of hydrogen-bond acceptors (Lipinski definition) is 2. The summed E-state index contributed by atoms with van der Waals surface area (Å²) < 4.78 is 5.34. The lowest BCUT2D eigenvalue weighted by Crippen LogP contribution is -2.42. The van der Waals surface area contributed by atoms with Crippen molar-refractivity contribution in [2.45, 2.75) is 37.5 Å². The Hall–Kier alpha value is -1.02. The Morgan fingerprint density at radius 2 is 2.00 bits per heavy atom. The molecule has 3 rings (SSSR count). The van der Waals surface area contributed by atoms with Gasteiger partial charge in [-0.3, -0.25) is 0 Å². The molecule has 1 aromatic carbocycles. The molecule has 2 aliphatic rings. The highest BCUT2D eigenvalue weighted by Gasteiger charge is 2.37. The lowest BCUT2D eigenvalue weighted by molar-refractivity contribution is 0.268. The van der Waals surface area contributed by atoms with Crippen LogP contribution in [-0.2, 0) is 11.8 Å². The zero-order valence-electron chi connectivity index (χ0n) is 10.6. The van der Waals surface area contributed by atoms with E-state index in [1.54, 1.807) is 12.7 Å². The van der Waals surface area contributed by atoms with Crippen LogP contribution in [-0.4, -0.2) is 20.2 Å². The largest absolute Gasteiger partial charge is 0.497 e. The van der Waals surface area contributed by atoms with Crippen molar-refractivity contribution >= 4 is 0 Å². The number of rotatable bonds is 1. The number of nitrogens with one attached hydrogen (secondary N) is 1. The average Bonchev–Trinajstić information content (AvgIpc) is 2.39. The lowest BCUT2D eigenvalue weighted by atomic mass is 9.65. The molecule has 1 spiro atoms. The number of benzene rings is 1. The van der Waals surface area contributed by atoms with Crippen LogP contribution >= 0.6 is 0 Å². The molecule has 1 saturated heterocycles. The van der Waals surface area contributed by atoms with Crippen molar-refractivity contribution in [1.82, 2.24) is 5.32 Å². The molecule has 92 valence electrons. The molecule has 0 radical (unpaired) electrons. The fourth-order valence-electron chi connectivity index (χ4n) is 3.60. The van der Waals surface area contributed by atoms with Gasteiger partial charge in [0.15, 0.2) is 0 Å². The van der Waals surface area contributed by atoms with Gasteiger partial charge < -0.3 is 10.1 Å². The predicted molar refractivity (Wildman–Crippen MR) is 69.7 cm³/mol. The molecule has 2 heteroatoms. The van der Waals surface area contributed by atoms with E-state index in [-0.39, 0.29) is 0 Å². The fraction of sp³-hybridized carbons (Fsp3) is 0.600. The second kappa shape index (κ2) is 4.34. The molecular weight excluding hydrogens is 210 g/mol. The molecule has 1 N–H and O–H groups in total. The summed E-state index contributed by atoms with van der Waals surface area (Å²) in [5.41, 5.74) is 3.59. The van der Waals surface area contributed by atoms with Gasteiger partial charge in [-0.15, -0.1) is 0 Å². The molecule has 1 fully saturated rings. The first kappa shape index (κ1) is 11.1. The maximum Gasteiger partial charge on any atom is 0.119 e. The smallest absolute Gasteiger partial charge is 0.119 e. The van der Waals surface area contributed by atoms with Crippen molar-refractivity contribution in [2.75, 3.05) is 20.2 Å². The van der Waals surface area contributed by atoms with Crippen LogP contribution in [0, 0.1) is 0 Å². The van der Waals surface area contributed by atoms with Gasteiger partial charge in [-0.05, 0) is 73.9 Å². The van der Waals surface area contributed by atoms with Gasteiger partial charge in [0.05, 0.1) is 7.11 Å². The maximum absolute atomic E-state index is 5.34. The summed E-state index contributed by atoms with van der Waals surface area (Å²) in [6, 6.07) is 6.70. The Morgan fingerprint density at radius 1 is 1.18 bits per heavy atom. The number of methoxy groups -OCH3 is 1. The standard InChI is InChI=1S/C15H21NO/c1-17-13-4-5-14-12(11-13)3-2-6-15(14)7-9-16-10-8-15/h4-5,11,16H,2-3,6-10H2,1H3. The normalized spacial score (nSPS) is 22.2. The van der Waals surface area contributed by atoms with Gasteiger partial charge in [-0.1, -0.05) is 6.07 Å². The highest BCUT2D eigenvalue weighted by molar-refractivity contribution is 5.42. The second-order valence-corrected chi connectivity index (χ2v) is 5.41. The number of piperidine rings is 1. The van der Waals surface area contributed by atoms with Crippen molar-refractivity contribution in [3.8, 4) is 5.75 Å². The molecule has 2 nitrogen and oxygen atoms in total. The Kier molecular flexibility index (Phi) is 2.83. The summed E-state index contributed by atoms with van der Waals surface area (Å²) in [6.07, 6.45) is 6.52. The topological polar surface area (TPSA) is 21.3 Å². The van der Waals surface area contributed by atoms with Crippen LogP contribution in [0.25, 0.3) is 0 Å². The van der Waals surface area contributed by atoms with Gasteiger partial charge in [-0.25, -0.2) is 0 Å². The first-order valence-corrected chi connectivity index (χ1v) is 6.72. The minimum Gasteiger partial charge on any atom is -0.497 e. The summed E-state index contributed by atoms with van der Waals surface area (Å²) in [5.74, 6) is 1.01. The molecule has 0 bridgehead atoms. The SMILES string of the molecule is COc1ccc2c(c1)CCCC21CCNCC1. The maximum atomic E-state index is 5.34. The van der Waals surface area contributed by atoms with Crippen LogP contribution in [0.15, 0.2) is 18.2 Å². The highest BCUT2D eigenvalue weighted by atomic mass is 16.5. The molecule has 1 aliphatic carbocycles. The quantitative estimate of drug-likeness (QED) is 0.802. The zero-order valence-corrected chi connectivity index (χ0v) is 10.6. The van der Waals surface area contributed by atoms with Crippen molar-refractivity contribution < 1.29 is 4.74 Å². The third-order valence-corrected chi connectivity index (χ3v) is 4.55. The second-order valence-electron chi connectivity index (χ2n) is 5.41. The number of hydrogen-bond donors (Lipinski definition) is 1. The van der Waals surface area contributed by atoms with E-state index in [4.69, 9.17) is 4.74 Å². The van der Waals surface area contributed by atoms with Crippen LogP contribution < -0.4 is 10.1 Å². The summed E-state index contributed by atoms with van der Waals surface area (Å²) in [6.45, 7) is 2.34. The van der Waals surface area contributed by atoms with E-state index in [0.29, 0.717) is 5.41 Å². The summed E-state index contributed by atoms with van der Waals surface area (Å²) in [4.78, 5) is 0. The molecule has 1 aromatic rings. The van der Waals surface area contributed by atoms with E-state index < -0.39 is 0 Å². The van der Waals surface area contributed by atoms with Gasteiger partial charge >= 0.3 is 0 Å². The molecule has 0 aromatic heterocycles. The molecule has 0 unspecified atom stereocenters. The van der Waals surface area contributed by atoms with Crippen molar-refractivity contribution in [3.63, 3.8) is 0 Å². The molecule has 1 heterocycles. The van der Waals surface area contributed by atoms with E-state index in [0.717, 1.165) is 5.75 Å². The summed E-state index contributed by atoms with van der Waals surface area (Å²) in [5, 5.41) is 3.48. The Morgan fingerprint density at radius 3 is 2.76 bits per heavy atom. The Balaban J connectivity index is 2.01. The van der Waals surface area contributed by atoms with Crippen LogP contribution in [0.3, 0.4) is 0 Å². The minimum absolute atomic E-state index is 0.463. The monoisotopic (exact) mass is 231 g/mol. The van der Waals surface area contributed by atoms with Gasteiger partial charge in [0.2, 0.25) is 0 Å². The summed E-state index contributed by atoms with van der Waals surface area (Å²) in [7, 11) is 1.75. The third kappa shape index (κ3) is 1.85. The molecular formula is C15H21NO. The van der Waals surface area contributed by atoms with Gasteiger partial charge in [-0.2, -0.15) is 0 Å².